The van der Waals surface area contributed by atoms with Crippen LogP contribution in [0.4, 0.5) is 5.69 Å². The van der Waals surface area contributed by atoms with Crippen molar-refractivity contribution in [3.63, 3.8) is 0 Å². The highest BCUT2D eigenvalue weighted by Gasteiger charge is 2.41. The minimum atomic E-state index is -3.92. The fourth-order valence-electron chi connectivity index (χ4n) is 3.18. The number of rotatable bonds is 6. The molecule has 8 nitrogen and oxygen atoms in total. The minimum Gasteiger partial charge on any atom is -0.463 e. The van der Waals surface area contributed by atoms with Gasteiger partial charge in [-0.1, -0.05) is 35.9 Å². The Morgan fingerprint density at radius 1 is 1.17 bits per heavy atom. The third-order valence-electron chi connectivity index (χ3n) is 4.63. The van der Waals surface area contributed by atoms with E-state index in [1.807, 2.05) is 6.92 Å². The van der Waals surface area contributed by atoms with Crippen LogP contribution < -0.4 is 0 Å². The van der Waals surface area contributed by atoms with E-state index in [0.717, 1.165) is 5.56 Å². The lowest BCUT2D eigenvalue weighted by molar-refractivity contribution is -0.384. The number of nitro groups is 1. The van der Waals surface area contributed by atoms with E-state index in [0.29, 0.717) is 5.56 Å². The number of carbonyl (C=O) groups excluding carboxylic acids is 1. The standard InChI is InChI=1S/C20H20N2O6S/c1-3-28-20(23)18-12-13-21(29(26,27)17-10-4-14(2)5-11-17)19(18)15-6-8-16(9-7-15)22(24)25/h4-12,19H,3,13H2,1-2H3. The van der Waals surface area contributed by atoms with Crippen LogP contribution in [0.25, 0.3) is 0 Å². The first-order valence-corrected chi connectivity index (χ1v) is 10.4. The Morgan fingerprint density at radius 3 is 2.34 bits per heavy atom. The molecule has 1 unspecified atom stereocenters. The lowest BCUT2D eigenvalue weighted by Crippen LogP contribution is -2.33. The maximum atomic E-state index is 13.3. The SMILES string of the molecule is CCOC(=O)C1=CCN(S(=O)(=O)c2ccc(C)cc2)C1c1ccc([N+](=O)[O-])cc1. The summed E-state index contributed by atoms with van der Waals surface area (Å²) in [6, 6.07) is 11.0. The van der Waals surface area contributed by atoms with Crippen molar-refractivity contribution in [2.45, 2.75) is 24.8 Å². The maximum absolute atomic E-state index is 13.3. The van der Waals surface area contributed by atoms with E-state index >= 15 is 0 Å². The smallest absolute Gasteiger partial charge is 0.335 e. The van der Waals surface area contributed by atoms with Crippen LogP contribution in [0.15, 0.2) is 65.1 Å². The minimum absolute atomic E-state index is 0.00793. The number of non-ortho nitro benzene ring substituents is 1. The summed E-state index contributed by atoms with van der Waals surface area (Å²) in [4.78, 5) is 22.9. The summed E-state index contributed by atoms with van der Waals surface area (Å²) in [7, 11) is -3.92. The Morgan fingerprint density at radius 2 is 1.79 bits per heavy atom. The van der Waals surface area contributed by atoms with Crippen molar-refractivity contribution < 1.29 is 22.9 Å². The quantitative estimate of drug-likeness (QED) is 0.407. The van der Waals surface area contributed by atoms with Gasteiger partial charge in [0, 0.05) is 18.7 Å². The summed E-state index contributed by atoms with van der Waals surface area (Å²) in [5.41, 5.74) is 1.43. The van der Waals surface area contributed by atoms with Crippen molar-refractivity contribution in [2.24, 2.45) is 0 Å². The summed E-state index contributed by atoms with van der Waals surface area (Å²) in [6.07, 6.45) is 1.52. The van der Waals surface area contributed by atoms with Crippen LogP contribution in [0.3, 0.4) is 0 Å². The third-order valence-corrected chi connectivity index (χ3v) is 6.48. The topological polar surface area (TPSA) is 107 Å². The van der Waals surface area contributed by atoms with Crippen molar-refractivity contribution in [3.8, 4) is 0 Å². The van der Waals surface area contributed by atoms with Crippen molar-refractivity contribution in [1.29, 1.82) is 0 Å². The number of nitrogens with zero attached hydrogens (tertiary/aromatic N) is 2. The summed E-state index contributed by atoms with van der Waals surface area (Å²) in [6.45, 7) is 3.65. The van der Waals surface area contributed by atoms with E-state index in [9.17, 15) is 23.3 Å². The van der Waals surface area contributed by atoms with Gasteiger partial charge in [-0.15, -0.1) is 0 Å². The second-order valence-corrected chi connectivity index (χ2v) is 8.41. The molecule has 2 aromatic carbocycles. The second kappa shape index (κ2) is 8.14. The molecule has 9 heteroatoms. The van der Waals surface area contributed by atoms with Crippen molar-refractivity contribution >= 4 is 21.7 Å². The zero-order valence-electron chi connectivity index (χ0n) is 15.9. The molecule has 1 aliphatic rings. The molecule has 0 aliphatic carbocycles. The summed E-state index contributed by atoms with van der Waals surface area (Å²) in [5.74, 6) is -0.613. The van der Waals surface area contributed by atoms with Crippen LogP contribution in [-0.4, -0.2) is 36.8 Å². The Labute approximate surface area is 168 Å². The third kappa shape index (κ3) is 4.06. The average Bonchev–Trinajstić information content (AvgIpc) is 3.14. The first kappa shape index (κ1) is 20.7. The van der Waals surface area contributed by atoms with Gasteiger partial charge in [0.25, 0.3) is 5.69 Å². The zero-order valence-corrected chi connectivity index (χ0v) is 16.8. The van der Waals surface area contributed by atoms with Crippen LogP contribution >= 0.6 is 0 Å². The Bertz CT molecular complexity index is 1060. The van der Waals surface area contributed by atoms with Gasteiger partial charge < -0.3 is 4.74 Å². The summed E-state index contributed by atoms with van der Waals surface area (Å²) < 4.78 is 32.8. The number of ether oxygens (including phenoxy) is 1. The lowest BCUT2D eigenvalue weighted by atomic mass is 10.0. The van der Waals surface area contributed by atoms with Gasteiger partial charge in [-0.05, 0) is 31.5 Å². The molecule has 1 heterocycles. The fraction of sp³-hybridized carbons (Fsp3) is 0.250. The van der Waals surface area contributed by atoms with Gasteiger partial charge in [-0.2, -0.15) is 4.31 Å². The molecule has 0 aromatic heterocycles. The van der Waals surface area contributed by atoms with E-state index in [-0.39, 0.29) is 29.3 Å². The van der Waals surface area contributed by atoms with Crippen molar-refractivity contribution in [2.75, 3.05) is 13.2 Å². The van der Waals surface area contributed by atoms with Crippen LogP contribution in [0.2, 0.25) is 0 Å². The predicted molar refractivity (Wildman–Crippen MR) is 106 cm³/mol. The molecule has 0 saturated heterocycles. The molecule has 0 amide bonds. The number of hydrogen-bond donors (Lipinski definition) is 0. The zero-order chi connectivity index (χ0) is 21.2. The van der Waals surface area contributed by atoms with Gasteiger partial charge in [0.15, 0.2) is 0 Å². The molecule has 3 rings (SSSR count). The molecule has 0 radical (unpaired) electrons. The Balaban J connectivity index is 2.05. The average molecular weight is 416 g/mol. The number of esters is 1. The first-order valence-electron chi connectivity index (χ1n) is 8.95. The molecule has 1 aliphatic heterocycles. The molecule has 2 aromatic rings. The molecule has 0 N–H and O–H groups in total. The monoisotopic (exact) mass is 416 g/mol. The van der Waals surface area contributed by atoms with Crippen LogP contribution in [0, 0.1) is 17.0 Å². The normalized spacial score (nSPS) is 17.0. The van der Waals surface area contributed by atoms with Gasteiger partial charge in [0.1, 0.15) is 0 Å². The largest absolute Gasteiger partial charge is 0.463 e. The number of aryl methyl sites for hydroxylation is 1. The Hall–Kier alpha value is -3.04. The number of carbonyl (C=O) groups is 1. The number of benzene rings is 2. The highest BCUT2D eigenvalue weighted by Crippen LogP contribution is 2.38. The van der Waals surface area contributed by atoms with Crippen LogP contribution in [0.5, 0.6) is 0 Å². The summed E-state index contributed by atoms with van der Waals surface area (Å²) >= 11 is 0. The number of sulfonamides is 1. The molecular formula is C20H20N2O6S. The molecule has 0 spiro atoms. The predicted octanol–water partition coefficient (Wildman–Crippen LogP) is 3.14. The molecule has 0 bridgehead atoms. The van der Waals surface area contributed by atoms with Gasteiger partial charge in [-0.3, -0.25) is 10.1 Å². The molecule has 152 valence electrons. The van der Waals surface area contributed by atoms with Crippen molar-refractivity contribution in [1.82, 2.24) is 4.31 Å². The van der Waals surface area contributed by atoms with Crippen LogP contribution in [0.1, 0.15) is 24.1 Å². The molecule has 0 saturated carbocycles. The molecule has 0 fully saturated rings. The Kier molecular flexibility index (Phi) is 5.81. The van der Waals surface area contributed by atoms with E-state index in [2.05, 4.69) is 0 Å². The van der Waals surface area contributed by atoms with Gasteiger partial charge >= 0.3 is 5.97 Å². The van der Waals surface area contributed by atoms with E-state index in [1.54, 1.807) is 19.1 Å². The maximum Gasteiger partial charge on any atom is 0.335 e. The van der Waals surface area contributed by atoms with Crippen LogP contribution in [-0.2, 0) is 19.6 Å². The van der Waals surface area contributed by atoms with Gasteiger partial charge in [0.05, 0.1) is 28.0 Å². The van der Waals surface area contributed by atoms with Gasteiger partial charge in [0.2, 0.25) is 10.0 Å². The molecule has 1 atom stereocenters. The highest BCUT2D eigenvalue weighted by molar-refractivity contribution is 7.89. The van der Waals surface area contributed by atoms with Crippen molar-refractivity contribution in [3.05, 3.63) is 81.4 Å². The van der Waals surface area contributed by atoms with Gasteiger partial charge in [-0.25, -0.2) is 13.2 Å². The molecular weight excluding hydrogens is 396 g/mol. The highest BCUT2D eigenvalue weighted by atomic mass is 32.2. The molecule has 29 heavy (non-hydrogen) atoms. The van der Waals surface area contributed by atoms with E-state index in [1.165, 1.54) is 46.8 Å². The lowest BCUT2D eigenvalue weighted by Gasteiger charge is -2.26. The van der Waals surface area contributed by atoms with E-state index < -0.39 is 27.0 Å². The number of hydrogen-bond acceptors (Lipinski definition) is 6. The van der Waals surface area contributed by atoms with E-state index in [4.69, 9.17) is 4.74 Å². The summed E-state index contributed by atoms with van der Waals surface area (Å²) in [5, 5.41) is 10.9. The fourth-order valence-corrected chi connectivity index (χ4v) is 4.71. The first-order chi connectivity index (χ1) is 13.8. The second-order valence-electron chi connectivity index (χ2n) is 6.52. The number of nitro benzene ring substituents is 1.